The van der Waals surface area contributed by atoms with Crippen LogP contribution < -0.4 is 10.6 Å². The minimum Gasteiger partial charge on any atom is -0.356 e. The van der Waals surface area contributed by atoms with Crippen molar-refractivity contribution in [2.75, 3.05) is 13.1 Å². The number of hydrogen-bond acceptors (Lipinski definition) is 5. The zero-order valence-corrected chi connectivity index (χ0v) is 13.8. The highest BCUT2D eigenvalue weighted by Crippen LogP contribution is 2.05. The van der Waals surface area contributed by atoms with E-state index < -0.39 is 0 Å². The molecule has 24 heavy (non-hydrogen) atoms. The third kappa shape index (κ3) is 3.96. The molecule has 0 radical (unpaired) electrons. The normalized spacial score (nSPS) is 10.7. The molecule has 3 heterocycles. The first-order valence-corrected chi connectivity index (χ1v) is 8.54. The molecule has 124 valence electrons. The van der Waals surface area contributed by atoms with Crippen molar-refractivity contribution in [3.63, 3.8) is 0 Å². The van der Waals surface area contributed by atoms with Gasteiger partial charge in [0.05, 0.1) is 0 Å². The second-order valence-electron chi connectivity index (χ2n) is 5.16. The number of nitrogens with zero attached hydrogens (tertiary/aromatic N) is 3. The Kier molecular flexibility index (Phi) is 5.17. The Balaban J connectivity index is 1.37. The Morgan fingerprint density at radius 1 is 1.12 bits per heavy atom. The standard InChI is InChI=1S/C16H17N5O2S/c22-15(5-8-18-16(23)12-6-10-24-11-12)17-7-4-14-20-19-13-3-1-2-9-21(13)14/h1-3,6,9-11H,4-5,7-8H2,(H,17,22)(H,18,23). The molecular formula is C16H17N5O2S. The molecule has 0 saturated heterocycles. The number of fused-ring (bicyclic) bond motifs is 1. The molecule has 2 amide bonds. The predicted octanol–water partition coefficient (Wildman–Crippen LogP) is 1.27. The van der Waals surface area contributed by atoms with Crippen LogP contribution in [0.5, 0.6) is 0 Å². The van der Waals surface area contributed by atoms with Crippen LogP contribution in [0.2, 0.25) is 0 Å². The van der Waals surface area contributed by atoms with Crippen molar-refractivity contribution in [1.82, 2.24) is 25.2 Å². The average molecular weight is 343 g/mol. The molecule has 0 aliphatic heterocycles. The third-order valence-corrected chi connectivity index (χ3v) is 4.16. The van der Waals surface area contributed by atoms with E-state index in [4.69, 9.17) is 0 Å². The van der Waals surface area contributed by atoms with Crippen LogP contribution in [-0.2, 0) is 11.2 Å². The Hall–Kier alpha value is -2.74. The number of rotatable bonds is 7. The van der Waals surface area contributed by atoms with E-state index >= 15 is 0 Å². The number of aromatic nitrogens is 3. The van der Waals surface area contributed by atoms with Crippen LogP contribution in [0.1, 0.15) is 22.6 Å². The maximum absolute atomic E-state index is 11.8. The van der Waals surface area contributed by atoms with Crippen molar-refractivity contribution in [2.24, 2.45) is 0 Å². The number of hydrogen-bond donors (Lipinski definition) is 2. The predicted molar refractivity (Wildman–Crippen MR) is 91.0 cm³/mol. The monoisotopic (exact) mass is 343 g/mol. The van der Waals surface area contributed by atoms with Crippen LogP contribution in [0.3, 0.4) is 0 Å². The molecular weight excluding hydrogens is 326 g/mol. The Bertz CT molecular complexity index is 828. The summed E-state index contributed by atoms with van der Waals surface area (Å²) in [5, 5.41) is 17.3. The quantitative estimate of drug-likeness (QED) is 0.676. The Morgan fingerprint density at radius 2 is 2.04 bits per heavy atom. The van der Waals surface area contributed by atoms with Gasteiger partial charge in [0.15, 0.2) is 5.65 Å². The van der Waals surface area contributed by atoms with Crippen LogP contribution in [0.4, 0.5) is 0 Å². The second kappa shape index (κ2) is 7.69. The lowest BCUT2D eigenvalue weighted by Gasteiger charge is -2.06. The van der Waals surface area contributed by atoms with Crippen molar-refractivity contribution >= 4 is 28.8 Å². The van der Waals surface area contributed by atoms with Crippen LogP contribution in [0.25, 0.3) is 5.65 Å². The number of amides is 2. The van der Waals surface area contributed by atoms with E-state index in [9.17, 15) is 9.59 Å². The zero-order valence-electron chi connectivity index (χ0n) is 12.9. The zero-order chi connectivity index (χ0) is 16.8. The molecule has 0 unspecified atom stereocenters. The van der Waals surface area contributed by atoms with Gasteiger partial charge in [0, 0.05) is 43.1 Å². The second-order valence-corrected chi connectivity index (χ2v) is 5.94. The fourth-order valence-electron chi connectivity index (χ4n) is 2.25. The highest BCUT2D eigenvalue weighted by Gasteiger charge is 2.08. The SMILES string of the molecule is O=C(CCNC(=O)c1ccsc1)NCCc1nnc2ccccn12. The number of carbonyl (C=O) groups excluding carboxylic acids is 2. The van der Waals surface area contributed by atoms with Gasteiger partial charge < -0.3 is 10.6 Å². The first-order valence-electron chi connectivity index (χ1n) is 7.60. The maximum atomic E-state index is 11.8. The van der Waals surface area contributed by atoms with Gasteiger partial charge in [-0.05, 0) is 23.6 Å². The molecule has 7 nitrogen and oxygen atoms in total. The average Bonchev–Trinajstić information content (AvgIpc) is 3.25. The van der Waals surface area contributed by atoms with Crippen LogP contribution >= 0.6 is 11.3 Å². The minimum atomic E-state index is -0.154. The number of nitrogens with one attached hydrogen (secondary N) is 2. The van der Waals surface area contributed by atoms with Gasteiger partial charge in [-0.25, -0.2) is 0 Å². The van der Waals surface area contributed by atoms with Crippen LogP contribution in [0, 0.1) is 0 Å². The number of pyridine rings is 1. The molecule has 0 aliphatic carbocycles. The van der Waals surface area contributed by atoms with Crippen molar-refractivity contribution < 1.29 is 9.59 Å². The highest BCUT2D eigenvalue weighted by atomic mass is 32.1. The van der Waals surface area contributed by atoms with E-state index in [0.717, 1.165) is 11.5 Å². The van der Waals surface area contributed by atoms with E-state index in [0.29, 0.717) is 25.1 Å². The summed E-state index contributed by atoms with van der Waals surface area (Å²) in [4.78, 5) is 23.5. The lowest BCUT2D eigenvalue weighted by Crippen LogP contribution is -2.31. The van der Waals surface area contributed by atoms with Gasteiger partial charge in [0.1, 0.15) is 5.82 Å². The topological polar surface area (TPSA) is 88.4 Å². The summed E-state index contributed by atoms with van der Waals surface area (Å²) in [6.07, 6.45) is 2.74. The molecule has 8 heteroatoms. The van der Waals surface area contributed by atoms with Gasteiger partial charge in [0.2, 0.25) is 5.91 Å². The van der Waals surface area contributed by atoms with Gasteiger partial charge in [-0.1, -0.05) is 6.07 Å². The summed E-state index contributed by atoms with van der Waals surface area (Å²) in [7, 11) is 0. The molecule has 3 aromatic heterocycles. The molecule has 0 saturated carbocycles. The van der Waals surface area contributed by atoms with Crippen molar-refractivity contribution in [1.29, 1.82) is 0 Å². The largest absolute Gasteiger partial charge is 0.356 e. The first-order chi connectivity index (χ1) is 11.7. The first kappa shape index (κ1) is 16.1. The van der Waals surface area contributed by atoms with Crippen molar-refractivity contribution in [3.05, 3.63) is 52.6 Å². The lowest BCUT2D eigenvalue weighted by atomic mass is 10.3. The van der Waals surface area contributed by atoms with E-state index in [2.05, 4.69) is 20.8 Å². The van der Waals surface area contributed by atoms with E-state index in [1.54, 1.807) is 11.4 Å². The van der Waals surface area contributed by atoms with Gasteiger partial charge in [-0.2, -0.15) is 11.3 Å². The van der Waals surface area contributed by atoms with Gasteiger partial charge in [-0.3, -0.25) is 14.0 Å². The molecule has 0 spiro atoms. The number of carbonyl (C=O) groups is 2. The minimum absolute atomic E-state index is 0.102. The van der Waals surface area contributed by atoms with Crippen LogP contribution in [-0.4, -0.2) is 39.5 Å². The summed E-state index contributed by atoms with van der Waals surface area (Å²) < 4.78 is 1.90. The summed E-state index contributed by atoms with van der Waals surface area (Å²) in [5.41, 5.74) is 1.41. The lowest BCUT2D eigenvalue weighted by molar-refractivity contribution is -0.120. The molecule has 0 fully saturated rings. The molecule has 0 atom stereocenters. The molecule has 0 bridgehead atoms. The van der Waals surface area contributed by atoms with Crippen molar-refractivity contribution in [3.8, 4) is 0 Å². The molecule has 3 rings (SSSR count). The third-order valence-electron chi connectivity index (χ3n) is 3.48. The summed E-state index contributed by atoms with van der Waals surface area (Å²) in [6.45, 7) is 0.793. The van der Waals surface area contributed by atoms with Crippen molar-refractivity contribution in [2.45, 2.75) is 12.8 Å². The fraction of sp³-hybridized carbons (Fsp3) is 0.250. The van der Waals surface area contributed by atoms with E-state index in [-0.39, 0.29) is 18.2 Å². The smallest absolute Gasteiger partial charge is 0.252 e. The van der Waals surface area contributed by atoms with Gasteiger partial charge in [-0.15, -0.1) is 10.2 Å². The summed E-state index contributed by atoms with van der Waals surface area (Å²) >= 11 is 1.47. The number of thiophene rings is 1. The Morgan fingerprint density at radius 3 is 2.88 bits per heavy atom. The van der Waals surface area contributed by atoms with Gasteiger partial charge >= 0.3 is 0 Å². The van der Waals surface area contributed by atoms with E-state index in [1.165, 1.54) is 11.3 Å². The molecule has 3 aromatic rings. The van der Waals surface area contributed by atoms with Crippen LogP contribution in [0.15, 0.2) is 41.2 Å². The Labute approximate surface area is 142 Å². The highest BCUT2D eigenvalue weighted by molar-refractivity contribution is 7.08. The molecule has 2 N–H and O–H groups in total. The molecule has 0 aromatic carbocycles. The van der Waals surface area contributed by atoms with Gasteiger partial charge in [0.25, 0.3) is 5.91 Å². The maximum Gasteiger partial charge on any atom is 0.252 e. The summed E-state index contributed by atoms with van der Waals surface area (Å²) in [5.74, 6) is 0.546. The molecule has 0 aliphatic rings. The summed E-state index contributed by atoms with van der Waals surface area (Å²) in [6, 6.07) is 7.45. The van der Waals surface area contributed by atoms with E-state index in [1.807, 2.05) is 34.2 Å². The fourth-order valence-corrected chi connectivity index (χ4v) is 2.88.